The molecule has 1 aliphatic carbocycles. The molecule has 1 aliphatic heterocycles. The van der Waals surface area contributed by atoms with Gasteiger partial charge in [-0.2, -0.15) is 5.10 Å². The fourth-order valence-electron chi connectivity index (χ4n) is 4.71. The Bertz CT molecular complexity index is 1160. The number of hydrogen-bond donors (Lipinski definition) is 1. The molecule has 34 heavy (non-hydrogen) atoms. The highest BCUT2D eigenvalue weighted by molar-refractivity contribution is 9.10. The quantitative estimate of drug-likeness (QED) is 0.399. The van der Waals surface area contributed by atoms with E-state index >= 15 is 0 Å². The van der Waals surface area contributed by atoms with Crippen molar-refractivity contribution in [3.8, 4) is 17.0 Å². The first-order valence-electron chi connectivity index (χ1n) is 11.7. The van der Waals surface area contributed by atoms with Gasteiger partial charge in [0, 0.05) is 29.9 Å². The number of anilines is 1. The number of nitrogens with zero attached hydrogens (tertiary/aromatic N) is 3. The van der Waals surface area contributed by atoms with Crippen molar-refractivity contribution in [2.75, 3.05) is 31.6 Å². The fraction of sp³-hybridized carbons (Fsp3) is 0.385. The molecule has 0 radical (unpaired) electrons. The Morgan fingerprint density at radius 2 is 1.91 bits per heavy atom. The van der Waals surface area contributed by atoms with Gasteiger partial charge in [0.2, 0.25) is 5.91 Å². The van der Waals surface area contributed by atoms with Crippen molar-refractivity contribution in [1.29, 1.82) is 0 Å². The number of amides is 1. The van der Waals surface area contributed by atoms with Crippen molar-refractivity contribution in [2.45, 2.75) is 31.1 Å². The maximum atomic E-state index is 13.3. The van der Waals surface area contributed by atoms with Gasteiger partial charge in [-0.15, -0.1) is 0 Å². The van der Waals surface area contributed by atoms with E-state index in [0.717, 1.165) is 65.2 Å². The van der Waals surface area contributed by atoms with Crippen molar-refractivity contribution in [1.82, 2.24) is 14.7 Å². The number of aromatic nitrogens is 2. The molecule has 1 saturated carbocycles. The second-order valence-corrected chi connectivity index (χ2v) is 10.4. The molecule has 3 aromatic rings. The number of carbonyl (C=O) groups excluding carboxylic acids is 1. The maximum absolute atomic E-state index is 13.3. The van der Waals surface area contributed by atoms with E-state index < -0.39 is 5.41 Å². The second-order valence-electron chi connectivity index (χ2n) is 9.12. The molecule has 8 heteroatoms. The Balaban J connectivity index is 1.38. The number of nitrogens with one attached hydrogen (secondary N) is 1. The number of hydrogen-bond acceptors (Lipinski definition) is 4. The van der Waals surface area contributed by atoms with Crippen LogP contribution < -0.4 is 10.1 Å². The molecule has 2 aromatic carbocycles. The predicted octanol–water partition coefficient (Wildman–Crippen LogP) is 5.65. The van der Waals surface area contributed by atoms with Crippen LogP contribution in [-0.2, 0) is 17.3 Å². The van der Waals surface area contributed by atoms with E-state index in [2.05, 4.69) is 31.2 Å². The fourth-order valence-corrected chi connectivity index (χ4v) is 5.40. The summed E-state index contributed by atoms with van der Waals surface area (Å²) in [5.41, 5.74) is 3.06. The van der Waals surface area contributed by atoms with Crippen LogP contribution in [0.3, 0.4) is 0 Å². The van der Waals surface area contributed by atoms with Crippen LogP contribution in [0.5, 0.6) is 5.75 Å². The monoisotopic (exact) mass is 542 g/mol. The van der Waals surface area contributed by atoms with E-state index in [-0.39, 0.29) is 5.91 Å². The highest BCUT2D eigenvalue weighted by Gasteiger charge is 2.51. The van der Waals surface area contributed by atoms with Crippen molar-refractivity contribution >= 4 is 39.1 Å². The van der Waals surface area contributed by atoms with Gasteiger partial charge >= 0.3 is 0 Å². The molecule has 0 unspecified atom stereocenters. The van der Waals surface area contributed by atoms with Gasteiger partial charge in [-0.05, 0) is 90.6 Å². The van der Waals surface area contributed by atoms with Crippen LogP contribution in [0.4, 0.5) is 5.69 Å². The minimum atomic E-state index is -0.483. The molecular weight excluding hydrogens is 516 g/mol. The van der Waals surface area contributed by atoms with Gasteiger partial charge in [-0.25, -0.2) is 0 Å². The molecule has 5 rings (SSSR count). The Kier molecular flexibility index (Phi) is 6.69. The Hall–Kier alpha value is -2.35. The number of aryl methyl sites for hydroxylation is 1. The standard InChI is InChI=1S/C26H28BrClN4O2/c1-31-24(22(27)17-29-31)21-16-20(8-9-23(21)34-15-14-32-12-2-3-13-32)30-25(33)26(10-11-26)18-4-6-19(28)7-5-18/h4-9,16-17H,2-3,10-15H2,1H3,(H,30,33). The Morgan fingerprint density at radius 1 is 1.18 bits per heavy atom. The zero-order chi connectivity index (χ0) is 23.7. The summed E-state index contributed by atoms with van der Waals surface area (Å²) >= 11 is 9.66. The number of rotatable bonds is 8. The van der Waals surface area contributed by atoms with Crippen LogP contribution in [0.1, 0.15) is 31.2 Å². The normalized spacial score (nSPS) is 17.0. The minimum Gasteiger partial charge on any atom is -0.492 e. The number of benzene rings is 2. The smallest absolute Gasteiger partial charge is 0.235 e. The largest absolute Gasteiger partial charge is 0.492 e. The lowest BCUT2D eigenvalue weighted by Crippen LogP contribution is -2.27. The third kappa shape index (κ3) is 4.74. The van der Waals surface area contributed by atoms with E-state index in [1.54, 1.807) is 6.20 Å². The third-order valence-electron chi connectivity index (χ3n) is 6.83. The van der Waals surface area contributed by atoms with Gasteiger partial charge in [-0.3, -0.25) is 14.4 Å². The zero-order valence-corrected chi connectivity index (χ0v) is 21.5. The maximum Gasteiger partial charge on any atom is 0.235 e. The average Bonchev–Trinajstić information content (AvgIpc) is 3.35. The van der Waals surface area contributed by atoms with E-state index in [9.17, 15) is 4.79 Å². The summed E-state index contributed by atoms with van der Waals surface area (Å²) in [7, 11) is 1.90. The molecule has 2 heterocycles. The summed E-state index contributed by atoms with van der Waals surface area (Å²) in [4.78, 5) is 15.7. The topological polar surface area (TPSA) is 59.4 Å². The molecule has 1 saturated heterocycles. The number of halogens is 2. The van der Waals surface area contributed by atoms with E-state index in [4.69, 9.17) is 16.3 Å². The first-order chi connectivity index (χ1) is 16.5. The molecule has 0 atom stereocenters. The number of likely N-dealkylation sites (tertiary alicyclic amines) is 1. The van der Waals surface area contributed by atoms with Crippen molar-refractivity contribution in [3.05, 3.63) is 63.7 Å². The van der Waals surface area contributed by atoms with Gasteiger partial charge in [-0.1, -0.05) is 23.7 Å². The van der Waals surface area contributed by atoms with Gasteiger partial charge in [0.15, 0.2) is 0 Å². The summed E-state index contributed by atoms with van der Waals surface area (Å²) < 4.78 is 8.92. The van der Waals surface area contributed by atoms with E-state index in [1.165, 1.54) is 12.8 Å². The molecule has 0 spiro atoms. The Labute approximate surface area is 213 Å². The summed E-state index contributed by atoms with van der Waals surface area (Å²) in [5, 5.41) is 8.19. The van der Waals surface area contributed by atoms with Crippen LogP contribution in [0.2, 0.25) is 5.02 Å². The second kappa shape index (κ2) is 9.72. The number of carbonyl (C=O) groups is 1. The van der Waals surface area contributed by atoms with E-state index in [0.29, 0.717) is 11.6 Å². The van der Waals surface area contributed by atoms with Crippen molar-refractivity contribution in [2.24, 2.45) is 7.05 Å². The van der Waals surface area contributed by atoms with Crippen LogP contribution in [0, 0.1) is 0 Å². The van der Waals surface area contributed by atoms with Crippen molar-refractivity contribution < 1.29 is 9.53 Å². The summed E-state index contributed by atoms with van der Waals surface area (Å²) in [6, 6.07) is 13.4. The lowest BCUT2D eigenvalue weighted by Gasteiger charge is -2.19. The minimum absolute atomic E-state index is 0.00699. The SMILES string of the molecule is Cn1ncc(Br)c1-c1cc(NC(=O)C2(c3ccc(Cl)cc3)CC2)ccc1OCCN1CCCC1. The molecule has 1 amide bonds. The van der Waals surface area contributed by atoms with Gasteiger partial charge < -0.3 is 10.1 Å². The molecule has 2 fully saturated rings. The van der Waals surface area contributed by atoms with Crippen molar-refractivity contribution in [3.63, 3.8) is 0 Å². The summed E-state index contributed by atoms with van der Waals surface area (Å²) in [5.74, 6) is 0.785. The zero-order valence-electron chi connectivity index (χ0n) is 19.2. The first-order valence-corrected chi connectivity index (χ1v) is 12.9. The molecule has 6 nitrogen and oxygen atoms in total. The third-order valence-corrected chi connectivity index (χ3v) is 7.66. The van der Waals surface area contributed by atoms with Gasteiger partial charge in [0.1, 0.15) is 12.4 Å². The van der Waals surface area contributed by atoms with Gasteiger partial charge in [0.25, 0.3) is 0 Å². The number of ether oxygens (including phenoxy) is 1. The summed E-state index contributed by atoms with van der Waals surface area (Å²) in [6.45, 7) is 3.82. The molecule has 2 aliphatic rings. The molecule has 0 bridgehead atoms. The molecule has 1 aromatic heterocycles. The average molecular weight is 544 g/mol. The highest BCUT2D eigenvalue weighted by atomic mass is 79.9. The lowest BCUT2D eigenvalue weighted by atomic mass is 9.95. The van der Waals surface area contributed by atoms with Crippen LogP contribution in [-0.4, -0.2) is 46.8 Å². The lowest BCUT2D eigenvalue weighted by molar-refractivity contribution is -0.118. The van der Waals surface area contributed by atoms with E-state index in [1.807, 2.05) is 54.2 Å². The van der Waals surface area contributed by atoms with Crippen LogP contribution >= 0.6 is 27.5 Å². The van der Waals surface area contributed by atoms with Crippen LogP contribution in [0.25, 0.3) is 11.3 Å². The first kappa shape index (κ1) is 23.4. The molecular formula is C26H28BrClN4O2. The van der Waals surface area contributed by atoms with Crippen LogP contribution in [0.15, 0.2) is 53.1 Å². The predicted molar refractivity (Wildman–Crippen MR) is 139 cm³/mol. The molecule has 1 N–H and O–H groups in total. The highest BCUT2D eigenvalue weighted by Crippen LogP contribution is 2.49. The summed E-state index contributed by atoms with van der Waals surface area (Å²) in [6.07, 6.45) is 5.96. The van der Waals surface area contributed by atoms with Gasteiger partial charge in [0.05, 0.1) is 21.8 Å². The molecule has 178 valence electrons. The Morgan fingerprint density at radius 3 is 2.56 bits per heavy atom.